The number of anilines is 1. The van der Waals surface area contributed by atoms with Crippen LogP contribution >= 0.6 is 0 Å². The van der Waals surface area contributed by atoms with Crippen LogP contribution in [-0.4, -0.2) is 18.5 Å². The van der Waals surface area contributed by atoms with Crippen LogP contribution in [0.4, 0.5) is 10.1 Å². The van der Waals surface area contributed by atoms with Crippen molar-refractivity contribution in [1.82, 2.24) is 5.32 Å². The van der Waals surface area contributed by atoms with Crippen LogP contribution in [0.25, 0.3) is 0 Å². The molecule has 1 saturated carbocycles. The van der Waals surface area contributed by atoms with E-state index in [4.69, 9.17) is 0 Å². The molecule has 0 saturated heterocycles. The highest BCUT2D eigenvalue weighted by atomic mass is 19.1. The van der Waals surface area contributed by atoms with Crippen LogP contribution in [0.5, 0.6) is 0 Å². The van der Waals surface area contributed by atoms with Gasteiger partial charge in [-0.25, -0.2) is 4.39 Å². The number of carbonyl (C=O) groups excluding carboxylic acids is 1. The summed E-state index contributed by atoms with van der Waals surface area (Å²) in [4.78, 5) is 11.8. The molecule has 0 radical (unpaired) electrons. The summed E-state index contributed by atoms with van der Waals surface area (Å²) in [6, 6.07) is 6.24. The zero-order valence-electron chi connectivity index (χ0n) is 12.2. The number of amides is 1. The molecule has 1 aromatic rings. The van der Waals surface area contributed by atoms with E-state index in [1.807, 2.05) is 0 Å². The third kappa shape index (κ3) is 4.60. The summed E-state index contributed by atoms with van der Waals surface area (Å²) in [5.74, 6) is -0.382. The Bertz CT molecular complexity index is 446. The Hall–Kier alpha value is -1.42. The summed E-state index contributed by atoms with van der Waals surface area (Å²) >= 11 is 0. The Kier molecular flexibility index (Phi) is 4.76. The molecule has 2 rings (SSSR count). The van der Waals surface area contributed by atoms with Crippen molar-refractivity contribution in [2.24, 2.45) is 5.41 Å². The fourth-order valence-corrected chi connectivity index (χ4v) is 2.58. The van der Waals surface area contributed by atoms with Gasteiger partial charge >= 0.3 is 0 Å². The molecular weight excluding hydrogens is 255 g/mol. The topological polar surface area (TPSA) is 41.1 Å². The third-order valence-electron chi connectivity index (χ3n) is 4.02. The second kappa shape index (κ2) is 6.35. The first-order valence-corrected chi connectivity index (χ1v) is 7.23. The maximum atomic E-state index is 12.8. The van der Waals surface area contributed by atoms with Gasteiger partial charge in [0.1, 0.15) is 5.82 Å². The molecule has 0 atom stereocenters. The molecular formula is C16H23FN2O. The van der Waals surface area contributed by atoms with Crippen LogP contribution < -0.4 is 10.6 Å². The van der Waals surface area contributed by atoms with E-state index in [1.54, 1.807) is 12.1 Å². The molecule has 20 heavy (non-hydrogen) atoms. The van der Waals surface area contributed by atoms with Gasteiger partial charge in [0, 0.05) is 11.7 Å². The lowest BCUT2D eigenvalue weighted by Gasteiger charge is -2.34. The predicted octanol–water partition coefficient (Wildman–Crippen LogP) is 3.32. The van der Waals surface area contributed by atoms with Gasteiger partial charge in [-0.1, -0.05) is 13.8 Å². The smallest absolute Gasteiger partial charge is 0.238 e. The molecule has 1 aliphatic carbocycles. The first kappa shape index (κ1) is 15.0. The van der Waals surface area contributed by atoms with Crippen molar-refractivity contribution in [3.05, 3.63) is 30.1 Å². The van der Waals surface area contributed by atoms with Gasteiger partial charge in [-0.2, -0.15) is 0 Å². The van der Waals surface area contributed by atoms with Crippen molar-refractivity contribution in [3.63, 3.8) is 0 Å². The lowest BCUT2D eigenvalue weighted by molar-refractivity contribution is -0.115. The summed E-state index contributed by atoms with van der Waals surface area (Å²) in [6.45, 7) is 4.90. The Balaban J connectivity index is 1.72. The van der Waals surface area contributed by atoms with Gasteiger partial charge in [-0.3, -0.25) is 4.79 Å². The monoisotopic (exact) mass is 278 g/mol. The summed E-state index contributed by atoms with van der Waals surface area (Å²) < 4.78 is 12.8. The largest absolute Gasteiger partial charge is 0.325 e. The zero-order valence-corrected chi connectivity index (χ0v) is 12.2. The number of rotatable bonds is 4. The number of carbonyl (C=O) groups is 1. The fourth-order valence-electron chi connectivity index (χ4n) is 2.58. The first-order valence-electron chi connectivity index (χ1n) is 7.23. The minimum Gasteiger partial charge on any atom is -0.325 e. The average Bonchev–Trinajstić information content (AvgIpc) is 2.40. The van der Waals surface area contributed by atoms with Crippen LogP contribution in [-0.2, 0) is 4.79 Å². The summed E-state index contributed by atoms with van der Waals surface area (Å²) in [5, 5.41) is 6.06. The van der Waals surface area contributed by atoms with Gasteiger partial charge in [0.05, 0.1) is 6.54 Å². The second-order valence-corrected chi connectivity index (χ2v) is 6.37. The molecule has 1 fully saturated rings. The lowest BCUT2D eigenvalue weighted by Crippen LogP contribution is -2.39. The summed E-state index contributed by atoms with van der Waals surface area (Å²) in [6.07, 6.45) is 4.64. The highest BCUT2D eigenvalue weighted by Crippen LogP contribution is 2.34. The quantitative estimate of drug-likeness (QED) is 0.887. The van der Waals surface area contributed by atoms with Gasteiger partial charge in [-0.15, -0.1) is 0 Å². The molecule has 1 aromatic carbocycles. The van der Waals surface area contributed by atoms with E-state index in [2.05, 4.69) is 24.5 Å². The lowest BCUT2D eigenvalue weighted by atomic mass is 9.75. The number of hydrogen-bond acceptors (Lipinski definition) is 2. The van der Waals surface area contributed by atoms with Gasteiger partial charge in [0.25, 0.3) is 0 Å². The van der Waals surface area contributed by atoms with E-state index < -0.39 is 0 Å². The standard InChI is InChI=1S/C16H23FN2O/c1-16(2)9-7-13(8-10-16)18-11-15(20)19-14-5-3-12(17)4-6-14/h3-6,13,18H,7-11H2,1-2H3,(H,19,20). The zero-order chi connectivity index (χ0) is 14.6. The number of benzene rings is 1. The molecule has 1 amide bonds. The normalized spacial score (nSPS) is 18.8. The van der Waals surface area contributed by atoms with E-state index in [-0.39, 0.29) is 11.7 Å². The van der Waals surface area contributed by atoms with Crippen LogP contribution in [0.3, 0.4) is 0 Å². The molecule has 0 unspecified atom stereocenters. The molecule has 0 spiro atoms. The Labute approximate surface area is 120 Å². The van der Waals surface area contributed by atoms with Crippen molar-refractivity contribution in [2.45, 2.75) is 45.6 Å². The van der Waals surface area contributed by atoms with E-state index >= 15 is 0 Å². The maximum absolute atomic E-state index is 12.8. The van der Waals surface area contributed by atoms with E-state index in [9.17, 15) is 9.18 Å². The highest BCUT2D eigenvalue weighted by Gasteiger charge is 2.26. The minimum absolute atomic E-state index is 0.0820. The fraction of sp³-hybridized carbons (Fsp3) is 0.562. The Morgan fingerprint density at radius 1 is 1.25 bits per heavy atom. The average molecular weight is 278 g/mol. The molecule has 1 aliphatic rings. The number of hydrogen-bond donors (Lipinski definition) is 2. The third-order valence-corrected chi connectivity index (χ3v) is 4.02. The van der Waals surface area contributed by atoms with E-state index in [1.165, 1.54) is 25.0 Å². The van der Waals surface area contributed by atoms with E-state index in [0.29, 0.717) is 23.7 Å². The van der Waals surface area contributed by atoms with Crippen molar-refractivity contribution >= 4 is 11.6 Å². The molecule has 0 aliphatic heterocycles. The van der Waals surface area contributed by atoms with Gasteiger partial charge in [0.2, 0.25) is 5.91 Å². The van der Waals surface area contributed by atoms with Crippen molar-refractivity contribution < 1.29 is 9.18 Å². The predicted molar refractivity (Wildman–Crippen MR) is 79.1 cm³/mol. The SMILES string of the molecule is CC1(C)CCC(NCC(=O)Nc2ccc(F)cc2)CC1. The second-order valence-electron chi connectivity index (χ2n) is 6.37. The first-order chi connectivity index (χ1) is 9.44. The molecule has 110 valence electrons. The van der Waals surface area contributed by atoms with Crippen LogP contribution in [0.1, 0.15) is 39.5 Å². The molecule has 0 bridgehead atoms. The molecule has 2 N–H and O–H groups in total. The molecule has 0 aromatic heterocycles. The van der Waals surface area contributed by atoms with Crippen molar-refractivity contribution in [1.29, 1.82) is 0 Å². The Morgan fingerprint density at radius 2 is 1.85 bits per heavy atom. The van der Waals surface area contributed by atoms with Crippen molar-refractivity contribution in [3.8, 4) is 0 Å². The van der Waals surface area contributed by atoms with E-state index in [0.717, 1.165) is 12.8 Å². The van der Waals surface area contributed by atoms with Gasteiger partial charge in [-0.05, 0) is 55.4 Å². The molecule has 4 heteroatoms. The minimum atomic E-state index is -0.300. The maximum Gasteiger partial charge on any atom is 0.238 e. The van der Waals surface area contributed by atoms with Crippen LogP contribution in [0.15, 0.2) is 24.3 Å². The van der Waals surface area contributed by atoms with Crippen molar-refractivity contribution in [2.75, 3.05) is 11.9 Å². The molecule has 3 nitrogen and oxygen atoms in total. The summed E-state index contributed by atoms with van der Waals surface area (Å²) in [7, 11) is 0. The number of halogens is 1. The Morgan fingerprint density at radius 3 is 2.45 bits per heavy atom. The summed E-state index contributed by atoms with van der Waals surface area (Å²) in [5.41, 5.74) is 1.07. The van der Waals surface area contributed by atoms with Gasteiger partial charge in [0.15, 0.2) is 0 Å². The highest BCUT2D eigenvalue weighted by molar-refractivity contribution is 5.92. The van der Waals surface area contributed by atoms with Crippen LogP contribution in [0, 0.1) is 11.2 Å². The van der Waals surface area contributed by atoms with Gasteiger partial charge < -0.3 is 10.6 Å². The van der Waals surface area contributed by atoms with Crippen LogP contribution in [0.2, 0.25) is 0 Å². The number of nitrogens with one attached hydrogen (secondary N) is 2. The molecule has 0 heterocycles.